The minimum atomic E-state index is -3.37. The van der Waals surface area contributed by atoms with Crippen LogP contribution in [0, 0.1) is 0 Å². The van der Waals surface area contributed by atoms with Gasteiger partial charge in [0.1, 0.15) is 12.4 Å². The van der Waals surface area contributed by atoms with Crippen LogP contribution >= 0.6 is 11.3 Å². The van der Waals surface area contributed by atoms with Gasteiger partial charge in [0.2, 0.25) is 10.0 Å². The quantitative estimate of drug-likeness (QED) is 0.780. The average molecular weight is 327 g/mol. The molecule has 0 aliphatic heterocycles. The third kappa shape index (κ3) is 4.69. The molecule has 0 saturated heterocycles. The summed E-state index contributed by atoms with van der Waals surface area (Å²) in [4.78, 5) is 4.07. The molecule has 2 aromatic rings. The van der Waals surface area contributed by atoms with Gasteiger partial charge in [0.15, 0.2) is 0 Å². The van der Waals surface area contributed by atoms with Crippen LogP contribution in [-0.4, -0.2) is 37.1 Å². The average Bonchev–Trinajstić information content (AvgIpc) is 2.91. The molecule has 0 fully saturated rings. The lowest BCUT2D eigenvalue weighted by atomic mass is 10.3. The van der Waals surface area contributed by atoms with Crippen molar-refractivity contribution in [3.8, 4) is 5.75 Å². The summed E-state index contributed by atoms with van der Waals surface area (Å²) in [5.74, 6) is 0.468. The van der Waals surface area contributed by atoms with E-state index in [0.29, 0.717) is 11.4 Å². The molecule has 2 rings (SSSR count). The van der Waals surface area contributed by atoms with Gasteiger partial charge < -0.3 is 10.5 Å². The molecule has 2 N–H and O–H groups in total. The number of ether oxygens (including phenoxy) is 1. The lowest BCUT2D eigenvalue weighted by Crippen LogP contribution is -2.31. The molecule has 0 unspecified atom stereocenters. The van der Waals surface area contributed by atoms with Gasteiger partial charge >= 0.3 is 0 Å². The highest BCUT2D eigenvalue weighted by Gasteiger charge is 2.18. The molecular weight excluding hydrogens is 310 g/mol. The molecule has 8 heteroatoms. The highest BCUT2D eigenvalue weighted by Crippen LogP contribution is 2.15. The van der Waals surface area contributed by atoms with Crippen LogP contribution in [0.5, 0.6) is 5.75 Å². The van der Waals surface area contributed by atoms with Gasteiger partial charge in [0.25, 0.3) is 0 Å². The van der Waals surface area contributed by atoms with Crippen LogP contribution in [0.15, 0.2) is 35.2 Å². The molecule has 0 aliphatic rings. The summed E-state index contributed by atoms with van der Waals surface area (Å²) in [6, 6.07) is 6.90. The molecule has 21 heavy (non-hydrogen) atoms. The third-order valence-corrected chi connectivity index (χ3v) is 5.21. The highest BCUT2D eigenvalue weighted by atomic mass is 32.2. The van der Waals surface area contributed by atoms with Gasteiger partial charge in [-0.25, -0.2) is 13.4 Å². The number of anilines is 1. The second-order valence-electron chi connectivity index (χ2n) is 4.47. The summed E-state index contributed by atoms with van der Waals surface area (Å²) in [6.07, 6.45) is 0. The van der Waals surface area contributed by atoms with Gasteiger partial charge in [-0.05, 0) is 12.1 Å². The van der Waals surface area contributed by atoms with E-state index < -0.39 is 10.0 Å². The van der Waals surface area contributed by atoms with Crippen LogP contribution in [0.3, 0.4) is 0 Å². The van der Waals surface area contributed by atoms with Crippen LogP contribution in [0.25, 0.3) is 0 Å². The Morgan fingerprint density at radius 2 is 2.24 bits per heavy atom. The van der Waals surface area contributed by atoms with E-state index in [0.717, 1.165) is 5.69 Å². The number of nitrogens with zero attached hydrogens (tertiary/aromatic N) is 2. The predicted molar refractivity (Wildman–Crippen MR) is 83.7 cm³/mol. The van der Waals surface area contributed by atoms with Gasteiger partial charge in [-0.15, -0.1) is 11.3 Å². The van der Waals surface area contributed by atoms with E-state index in [1.165, 1.54) is 22.7 Å². The monoisotopic (exact) mass is 327 g/mol. The summed E-state index contributed by atoms with van der Waals surface area (Å²) in [7, 11) is -1.84. The molecule has 6 nitrogen and oxygen atoms in total. The van der Waals surface area contributed by atoms with E-state index in [9.17, 15) is 8.42 Å². The van der Waals surface area contributed by atoms with Gasteiger partial charge in [0.05, 0.1) is 23.5 Å². The van der Waals surface area contributed by atoms with Crippen molar-refractivity contribution in [1.82, 2.24) is 9.29 Å². The highest BCUT2D eigenvalue weighted by molar-refractivity contribution is 7.89. The van der Waals surface area contributed by atoms with Crippen LogP contribution < -0.4 is 10.5 Å². The molecule has 0 radical (unpaired) electrons. The number of nitrogen functional groups attached to an aromatic ring is 1. The maximum atomic E-state index is 12.1. The summed E-state index contributed by atoms with van der Waals surface area (Å²) in [5, 5.41) is 1.83. The van der Waals surface area contributed by atoms with Crippen molar-refractivity contribution >= 4 is 27.0 Å². The fourth-order valence-electron chi connectivity index (χ4n) is 1.67. The zero-order chi connectivity index (χ0) is 15.3. The molecule has 0 spiro atoms. The fraction of sp³-hybridized carbons (Fsp3) is 0.308. The molecule has 1 aromatic carbocycles. The number of sulfonamides is 1. The lowest BCUT2D eigenvalue weighted by Gasteiger charge is -2.16. The SMILES string of the molecule is CN(Cc1cscn1)S(=O)(=O)CCOc1cccc(N)c1. The Kier molecular flexibility index (Phi) is 5.16. The molecule has 0 bridgehead atoms. The molecule has 0 amide bonds. The predicted octanol–water partition coefficient (Wildman–Crippen LogP) is 1.57. The summed E-state index contributed by atoms with van der Waals surface area (Å²) in [5.41, 5.74) is 8.63. The first kappa shape index (κ1) is 15.7. The minimum absolute atomic E-state index is 0.0766. The number of thiazole rings is 1. The first-order valence-corrected chi connectivity index (χ1v) is 8.82. The number of aromatic nitrogens is 1. The standard InChI is InChI=1S/C13H17N3O3S2/c1-16(8-12-9-20-10-15-12)21(17,18)6-5-19-13-4-2-3-11(14)7-13/h2-4,7,9-10H,5-6,8,14H2,1H3. The number of hydrogen-bond donors (Lipinski definition) is 1. The Morgan fingerprint density at radius 3 is 2.90 bits per heavy atom. The minimum Gasteiger partial charge on any atom is -0.492 e. The Balaban J connectivity index is 1.86. The number of rotatable bonds is 7. The van der Waals surface area contributed by atoms with E-state index in [1.807, 2.05) is 5.38 Å². The van der Waals surface area contributed by atoms with Crippen LogP contribution in [0.2, 0.25) is 0 Å². The van der Waals surface area contributed by atoms with Crippen molar-refractivity contribution < 1.29 is 13.2 Å². The summed E-state index contributed by atoms with van der Waals surface area (Å²) >= 11 is 1.44. The smallest absolute Gasteiger partial charge is 0.217 e. The Bertz CT molecular complexity index is 672. The second-order valence-corrected chi connectivity index (χ2v) is 7.39. The number of benzene rings is 1. The van der Waals surface area contributed by atoms with Gasteiger partial charge in [-0.1, -0.05) is 6.07 Å². The van der Waals surface area contributed by atoms with Crippen LogP contribution in [-0.2, 0) is 16.6 Å². The van der Waals surface area contributed by atoms with Crippen molar-refractivity contribution in [2.24, 2.45) is 0 Å². The fourth-order valence-corrected chi connectivity index (χ4v) is 3.15. The maximum absolute atomic E-state index is 12.1. The van der Waals surface area contributed by atoms with Crippen molar-refractivity contribution in [2.45, 2.75) is 6.54 Å². The number of hydrogen-bond acceptors (Lipinski definition) is 6. The summed E-state index contributed by atoms with van der Waals surface area (Å²) in [6.45, 7) is 0.345. The number of nitrogens with two attached hydrogens (primary N) is 1. The zero-order valence-electron chi connectivity index (χ0n) is 11.6. The largest absolute Gasteiger partial charge is 0.492 e. The van der Waals surface area contributed by atoms with Gasteiger partial charge in [-0.2, -0.15) is 4.31 Å². The molecule has 114 valence electrons. The normalized spacial score (nSPS) is 11.7. The van der Waals surface area contributed by atoms with E-state index >= 15 is 0 Å². The zero-order valence-corrected chi connectivity index (χ0v) is 13.2. The first-order valence-electron chi connectivity index (χ1n) is 6.27. The Morgan fingerprint density at radius 1 is 1.43 bits per heavy atom. The van der Waals surface area contributed by atoms with E-state index in [4.69, 9.17) is 10.5 Å². The van der Waals surface area contributed by atoms with E-state index in [2.05, 4.69) is 4.98 Å². The van der Waals surface area contributed by atoms with Crippen LogP contribution in [0.1, 0.15) is 5.69 Å². The van der Waals surface area contributed by atoms with Crippen molar-refractivity contribution in [1.29, 1.82) is 0 Å². The topological polar surface area (TPSA) is 85.5 Å². The maximum Gasteiger partial charge on any atom is 0.217 e. The van der Waals surface area contributed by atoms with Crippen LogP contribution in [0.4, 0.5) is 5.69 Å². The summed E-state index contributed by atoms with van der Waals surface area (Å²) < 4.78 is 30.9. The third-order valence-electron chi connectivity index (χ3n) is 2.81. The Hall–Kier alpha value is -1.64. The second kappa shape index (κ2) is 6.88. The molecule has 0 atom stereocenters. The van der Waals surface area contributed by atoms with Crippen molar-refractivity contribution in [3.63, 3.8) is 0 Å². The molecule has 1 aromatic heterocycles. The molecule has 1 heterocycles. The van der Waals surface area contributed by atoms with Gasteiger partial charge in [-0.3, -0.25) is 0 Å². The van der Waals surface area contributed by atoms with Gasteiger partial charge in [0, 0.05) is 24.2 Å². The van der Waals surface area contributed by atoms with E-state index in [-0.39, 0.29) is 18.9 Å². The molecule has 0 aliphatic carbocycles. The van der Waals surface area contributed by atoms with Crippen molar-refractivity contribution in [3.05, 3.63) is 40.8 Å². The first-order chi connectivity index (χ1) is 9.97. The Labute approximate surface area is 128 Å². The van der Waals surface area contributed by atoms with Crippen molar-refractivity contribution in [2.75, 3.05) is 25.1 Å². The lowest BCUT2D eigenvalue weighted by molar-refractivity contribution is 0.336. The molecular formula is C13H17N3O3S2. The molecule has 0 saturated carbocycles. The van der Waals surface area contributed by atoms with E-state index in [1.54, 1.807) is 29.8 Å².